The molecule has 15 heavy (non-hydrogen) atoms. The molecule has 0 aromatic carbocycles. The van der Waals surface area contributed by atoms with E-state index in [4.69, 9.17) is 0 Å². The molecule has 2 N–H and O–H groups in total. The lowest BCUT2D eigenvalue weighted by molar-refractivity contribution is 0.694. The Hall–Kier alpha value is -0.820. The molecule has 0 aromatic heterocycles. The molecule has 0 saturated carbocycles. The zero-order chi connectivity index (χ0) is 12.1. The van der Waals surface area contributed by atoms with E-state index in [1.807, 2.05) is 12.2 Å². The first-order valence-electron chi connectivity index (χ1n) is 5.84. The summed E-state index contributed by atoms with van der Waals surface area (Å²) in [7, 11) is 1.50. The number of allylic oxidation sites excluding steroid dienone is 4. The lowest BCUT2D eigenvalue weighted by atomic mass is 9.92. The van der Waals surface area contributed by atoms with Gasteiger partial charge >= 0.3 is 0 Å². The second-order valence-electron chi connectivity index (χ2n) is 3.37. The van der Waals surface area contributed by atoms with Crippen LogP contribution in [-0.4, -0.2) is 7.05 Å². The van der Waals surface area contributed by atoms with E-state index in [2.05, 4.69) is 32.7 Å². The van der Waals surface area contributed by atoms with E-state index in [0.717, 1.165) is 0 Å². The number of hydrogen-bond acceptors (Lipinski definition) is 1. The Balaban J connectivity index is 0. The molecule has 0 saturated heterocycles. The maximum Gasteiger partial charge on any atom is -0.0195 e. The van der Waals surface area contributed by atoms with E-state index >= 15 is 0 Å². The van der Waals surface area contributed by atoms with Gasteiger partial charge in [0.1, 0.15) is 0 Å². The maximum absolute atomic E-state index is 4.50. The van der Waals surface area contributed by atoms with Gasteiger partial charge < -0.3 is 5.73 Å². The van der Waals surface area contributed by atoms with Gasteiger partial charge in [-0.05, 0) is 43.9 Å². The highest BCUT2D eigenvalue weighted by atomic mass is 14.4. The second-order valence-corrected chi connectivity index (χ2v) is 3.37. The molecule has 88 valence electrons. The van der Waals surface area contributed by atoms with E-state index in [9.17, 15) is 0 Å². The molecular formula is C14H27N. The van der Waals surface area contributed by atoms with E-state index in [0.29, 0.717) is 0 Å². The third-order valence-corrected chi connectivity index (χ3v) is 2.05. The molecule has 1 rings (SSSR count). The van der Waals surface area contributed by atoms with E-state index in [1.165, 1.54) is 50.3 Å². The smallest absolute Gasteiger partial charge is 0.0195 e. The summed E-state index contributed by atoms with van der Waals surface area (Å²) in [6.45, 7) is 11.8. The van der Waals surface area contributed by atoms with Crippen molar-refractivity contribution in [2.75, 3.05) is 7.05 Å². The third kappa shape index (κ3) is 8.19. The summed E-state index contributed by atoms with van der Waals surface area (Å²) in [5.41, 5.74) is 7.31. The molecule has 1 heteroatoms. The van der Waals surface area contributed by atoms with Crippen LogP contribution in [0.2, 0.25) is 0 Å². The van der Waals surface area contributed by atoms with Crippen LogP contribution in [-0.2, 0) is 0 Å². The van der Waals surface area contributed by atoms with Crippen molar-refractivity contribution in [3.63, 3.8) is 0 Å². The van der Waals surface area contributed by atoms with Gasteiger partial charge in [0, 0.05) is 0 Å². The first-order valence-corrected chi connectivity index (χ1v) is 5.84. The van der Waals surface area contributed by atoms with Gasteiger partial charge in [-0.25, -0.2) is 0 Å². The molecule has 0 fully saturated rings. The fraction of sp³-hybridized carbons (Fsp3) is 0.571. The first-order chi connectivity index (χ1) is 7.29. The summed E-state index contributed by atoms with van der Waals surface area (Å²) in [5.74, 6) is 0. The van der Waals surface area contributed by atoms with Crippen molar-refractivity contribution >= 4 is 0 Å². The Morgan fingerprint density at radius 1 is 1.00 bits per heavy atom. The van der Waals surface area contributed by atoms with Crippen molar-refractivity contribution in [2.45, 2.75) is 46.0 Å². The molecule has 0 spiro atoms. The van der Waals surface area contributed by atoms with Crippen LogP contribution in [0, 0.1) is 0 Å². The molecular weight excluding hydrogens is 182 g/mol. The van der Waals surface area contributed by atoms with Crippen LogP contribution in [0.5, 0.6) is 0 Å². The highest BCUT2D eigenvalue weighted by Gasteiger charge is 2.05. The van der Waals surface area contributed by atoms with Crippen molar-refractivity contribution in [3.8, 4) is 0 Å². The highest BCUT2D eigenvalue weighted by molar-refractivity contribution is 5.32. The Morgan fingerprint density at radius 3 is 1.47 bits per heavy atom. The molecule has 0 amide bonds. The summed E-state index contributed by atoms with van der Waals surface area (Å²) < 4.78 is 0. The lowest BCUT2D eigenvalue weighted by Gasteiger charge is -2.14. The minimum absolute atomic E-state index is 1.20. The fourth-order valence-electron chi connectivity index (χ4n) is 1.42. The van der Waals surface area contributed by atoms with Crippen LogP contribution in [0.3, 0.4) is 0 Å². The standard InChI is InChI=1S/C10H14.C3H8.CH5N/c1-3-9-7-5-6-8-10(9)4-2;1-3-2;1-2/h3-4H,1-2,5-8H2;3H2,1-2H3;2H2,1H3. The quantitative estimate of drug-likeness (QED) is 0.724. The number of nitrogens with two attached hydrogens (primary N) is 1. The van der Waals surface area contributed by atoms with Crippen LogP contribution >= 0.6 is 0 Å². The van der Waals surface area contributed by atoms with Crippen LogP contribution in [0.25, 0.3) is 0 Å². The zero-order valence-electron chi connectivity index (χ0n) is 10.7. The normalized spacial score (nSPS) is 14.1. The van der Waals surface area contributed by atoms with Crippen LogP contribution in [0.1, 0.15) is 46.0 Å². The van der Waals surface area contributed by atoms with E-state index in [1.54, 1.807) is 0 Å². The van der Waals surface area contributed by atoms with Crippen LogP contribution in [0.4, 0.5) is 0 Å². The van der Waals surface area contributed by atoms with Gasteiger partial charge in [0.15, 0.2) is 0 Å². The minimum atomic E-state index is 1.20. The Labute approximate surface area is 95.8 Å². The molecule has 0 aromatic rings. The summed E-state index contributed by atoms with van der Waals surface area (Å²) in [5, 5.41) is 0. The Bertz CT molecular complexity index is 170. The molecule has 0 radical (unpaired) electrons. The molecule has 0 bridgehead atoms. The molecule has 1 nitrogen and oxygen atoms in total. The largest absolute Gasteiger partial charge is 0.333 e. The van der Waals surface area contributed by atoms with Gasteiger partial charge in [-0.3, -0.25) is 0 Å². The molecule has 0 atom stereocenters. The molecule has 0 aliphatic heterocycles. The van der Waals surface area contributed by atoms with Crippen molar-refractivity contribution in [1.29, 1.82) is 0 Å². The fourth-order valence-corrected chi connectivity index (χ4v) is 1.42. The average molecular weight is 209 g/mol. The minimum Gasteiger partial charge on any atom is -0.333 e. The lowest BCUT2D eigenvalue weighted by Crippen LogP contribution is -1.94. The predicted octanol–water partition coefficient (Wildman–Crippen LogP) is 4.22. The first kappa shape index (κ1) is 16.6. The second kappa shape index (κ2) is 13.2. The number of hydrogen-bond donors (Lipinski definition) is 1. The van der Waals surface area contributed by atoms with Gasteiger partial charge in [0.2, 0.25) is 0 Å². The van der Waals surface area contributed by atoms with Gasteiger partial charge in [0.05, 0.1) is 0 Å². The van der Waals surface area contributed by atoms with Crippen LogP contribution < -0.4 is 5.73 Å². The zero-order valence-corrected chi connectivity index (χ0v) is 10.7. The Morgan fingerprint density at radius 2 is 1.27 bits per heavy atom. The molecule has 0 heterocycles. The van der Waals surface area contributed by atoms with Gasteiger partial charge in [-0.15, -0.1) is 0 Å². The molecule has 1 aliphatic rings. The summed E-state index contributed by atoms with van der Waals surface area (Å²) in [4.78, 5) is 0. The van der Waals surface area contributed by atoms with Gasteiger partial charge in [0.25, 0.3) is 0 Å². The van der Waals surface area contributed by atoms with Crippen molar-refractivity contribution < 1.29 is 0 Å². The predicted molar refractivity (Wildman–Crippen MR) is 72.0 cm³/mol. The van der Waals surface area contributed by atoms with Gasteiger partial charge in [-0.1, -0.05) is 45.6 Å². The monoisotopic (exact) mass is 209 g/mol. The topological polar surface area (TPSA) is 26.0 Å². The SMILES string of the molecule is C=CC1=C(C=C)CCCC1.CCC.CN. The molecule has 0 unspecified atom stereocenters. The van der Waals surface area contributed by atoms with E-state index < -0.39 is 0 Å². The Kier molecular flexibility index (Phi) is 14.6. The summed E-state index contributed by atoms with van der Waals surface area (Å²) in [6.07, 6.45) is 10.2. The van der Waals surface area contributed by atoms with E-state index in [-0.39, 0.29) is 0 Å². The van der Waals surface area contributed by atoms with Crippen LogP contribution in [0.15, 0.2) is 36.5 Å². The van der Waals surface area contributed by atoms with Gasteiger partial charge in [-0.2, -0.15) is 0 Å². The summed E-state index contributed by atoms with van der Waals surface area (Å²) in [6, 6.07) is 0. The number of rotatable bonds is 2. The summed E-state index contributed by atoms with van der Waals surface area (Å²) >= 11 is 0. The maximum atomic E-state index is 4.50. The average Bonchev–Trinajstić information content (AvgIpc) is 2.32. The van der Waals surface area contributed by atoms with Crippen molar-refractivity contribution in [2.24, 2.45) is 5.73 Å². The highest BCUT2D eigenvalue weighted by Crippen LogP contribution is 2.25. The van der Waals surface area contributed by atoms with Crippen molar-refractivity contribution in [3.05, 3.63) is 36.5 Å². The molecule has 1 aliphatic carbocycles. The third-order valence-electron chi connectivity index (χ3n) is 2.05. The van der Waals surface area contributed by atoms with Crippen molar-refractivity contribution in [1.82, 2.24) is 0 Å².